The highest BCUT2D eigenvalue weighted by Crippen LogP contribution is 2.33. The zero-order chi connectivity index (χ0) is 18.8. The van der Waals surface area contributed by atoms with Gasteiger partial charge < -0.3 is 14.8 Å². The molecule has 6 nitrogen and oxygen atoms in total. The standard InChI is InChI=1S/C18H14Cl2N2O4/c1-25-12-6-4-11(5-7-12)22-17(23)15(20)16(18(22)24)21-10-3-8-14(26-2)13(19)9-10/h3-9,21H,1-2H3. The first-order valence-electron chi connectivity index (χ1n) is 7.49. The minimum absolute atomic E-state index is 0.0197. The van der Waals surface area contributed by atoms with E-state index in [-0.39, 0.29) is 10.7 Å². The van der Waals surface area contributed by atoms with Gasteiger partial charge in [-0.15, -0.1) is 0 Å². The molecule has 0 saturated carbocycles. The Hall–Kier alpha value is -2.70. The number of hydrogen-bond donors (Lipinski definition) is 1. The van der Waals surface area contributed by atoms with Gasteiger partial charge in [0.1, 0.15) is 22.2 Å². The Morgan fingerprint density at radius 2 is 1.62 bits per heavy atom. The first kappa shape index (κ1) is 18.1. The molecular formula is C18H14Cl2N2O4. The van der Waals surface area contributed by atoms with E-state index in [2.05, 4.69) is 5.32 Å². The van der Waals surface area contributed by atoms with Gasteiger partial charge in [-0.05, 0) is 42.5 Å². The lowest BCUT2D eigenvalue weighted by Crippen LogP contribution is -2.32. The van der Waals surface area contributed by atoms with E-state index in [9.17, 15) is 9.59 Å². The molecule has 3 rings (SSSR count). The van der Waals surface area contributed by atoms with Crippen LogP contribution in [0.15, 0.2) is 53.2 Å². The lowest BCUT2D eigenvalue weighted by atomic mass is 10.2. The summed E-state index contributed by atoms with van der Waals surface area (Å²) >= 11 is 12.2. The fourth-order valence-corrected chi connectivity index (χ4v) is 2.94. The van der Waals surface area contributed by atoms with E-state index in [1.54, 1.807) is 42.5 Å². The maximum atomic E-state index is 12.7. The van der Waals surface area contributed by atoms with Crippen molar-refractivity contribution in [2.45, 2.75) is 0 Å². The van der Waals surface area contributed by atoms with E-state index >= 15 is 0 Å². The molecule has 134 valence electrons. The van der Waals surface area contributed by atoms with Crippen LogP contribution in [0.3, 0.4) is 0 Å². The molecule has 0 atom stereocenters. The summed E-state index contributed by atoms with van der Waals surface area (Å²) in [5.41, 5.74) is 0.874. The van der Waals surface area contributed by atoms with Crippen LogP contribution in [0.5, 0.6) is 11.5 Å². The molecule has 8 heteroatoms. The maximum Gasteiger partial charge on any atom is 0.283 e. The molecule has 0 unspecified atom stereocenters. The first-order valence-corrected chi connectivity index (χ1v) is 8.25. The largest absolute Gasteiger partial charge is 0.497 e. The lowest BCUT2D eigenvalue weighted by Gasteiger charge is -2.15. The molecule has 2 aromatic rings. The fourth-order valence-electron chi connectivity index (χ4n) is 2.47. The van der Waals surface area contributed by atoms with E-state index in [0.717, 1.165) is 4.90 Å². The second-order valence-electron chi connectivity index (χ2n) is 5.31. The Labute approximate surface area is 159 Å². The maximum absolute atomic E-state index is 12.7. The average molecular weight is 393 g/mol. The summed E-state index contributed by atoms with van der Waals surface area (Å²) in [7, 11) is 3.03. The SMILES string of the molecule is COc1ccc(N2C(=O)C(Cl)=C(Nc3ccc(OC)c(Cl)c3)C2=O)cc1. The number of rotatable bonds is 5. The molecule has 1 aliphatic heterocycles. The van der Waals surface area contributed by atoms with Crippen molar-refractivity contribution in [3.63, 3.8) is 0 Å². The number of amides is 2. The molecule has 0 saturated heterocycles. The predicted molar refractivity (Wildman–Crippen MR) is 100.0 cm³/mol. The van der Waals surface area contributed by atoms with E-state index in [0.29, 0.717) is 27.9 Å². The van der Waals surface area contributed by atoms with Crippen LogP contribution in [0, 0.1) is 0 Å². The molecule has 0 fully saturated rings. The minimum atomic E-state index is -0.607. The summed E-state index contributed by atoms with van der Waals surface area (Å²) in [6, 6.07) is 11.4. The number of anilines is 2. The van der Waals surface area contributed by atoms with Gasteiger partial charge in [-0.3, -0.25) is 9.59 Å². The number of hydrogen-bond acceptors (Lipinski definition) is 5. The molecular weight excluding hydrogens is 379 g/mol. The molecule has 26 heavy (non-hydrogen) atoms. The second kappa shape index (κ2) is 7.27. The van der Waals surface area contributed by atoms with E-state index < -0.39 is 11.8 Å². The number of carbonyl (C=O) groups is 2. The van der Waals surface area contributed by atoms with Crippen LogP contribution in [0.2, 0.25) is 5.02 Å². The minimum Gasteiger partial charge on any atom is -0.497 e. The van der Waals surface area contributed by atoms with Crippen LogP contribution in [-0.4, -0.2) is 26.0 Å². The van der Waals surface area contributed by atoms with Gasteiger partial charge in [-0.2, -0.15) is 0 Å². The summed E-state index contributed by atoms with van der Waals surface area (Å²) in [5, 5.41) is 3.02. The van der Waals surface area contributed by atoms with Crippen molar-refractivity contribution in [1.29, 1.82) is 0 Å². The lowest BCUT2D eigenvalue weighted by molar-refractivity contribution is -0.120. The van der Waals surface area contributed by atoms with Crippen molar-refractivity contribution >= 4 is 46.4 Å². The van der Waals surface area contributed by atoms with Crippen molar-refractivity contribution < 1.29 is 19.1 Å². The topological polar surface area (TPSA) is 67.9 Å². The smallest absolute Gasteiger partial charge is 0.283 e. The van der Waals surface area contributed by atoms with E-state index in [4.69, 9.17) is 32.7 Å². The quantitative estimate of drug-likeness (QED) is 0.783. The third-order valence-corrected chi connectivity index (χ3v) is 4.43. The molecule has 1 aliphatic rings. The molecule has 2 amide bonds. The highest BCUT2D eigenvalue weighted by atomic mass is 35.5. The van der Waals surface area contributed by atoms with Crippen molar-refractivity contribution in [2.24, 2.45) is 0 Å². The van der Waals surface area contributed by atoms with Crippen LogP contribution >= 0.6 is 23.2 Å². The van der Waals surface area contributed by atoms with Gasteiger partial charge in [0.05, 0.1) is 24.9 Å². The van der Waals surface area contributed by atoms with Crippen LogP contribution < -0.4 is 19.7 Å². The van der Waals surface area contributed by atoms with Crippen molar-refractivity contribution in [2.75, 3.05) is 24.4 Å². The monoisotopic (exact) mass is 392 g/mol. The third-order valence-electron chi connectivity index (χ3n) is 3.78. The number of nitrogens with one attached hydrogen (secondary N) is 1. The predicted octanol–water partition coefficient (Wildman–Crippen LogP) is 3.79. The van der Waals surface area contributed by atoms with E-state index in [1.165, 1.54) is 14.2 Å². The van der Waals surface area contributed by atoms with Crippen LogP contribution in [0.1, 0.15) is 0 Å². The fraction of sp³-hybridized carbons (Fsp3) is 0.111. The number of halogens is 2. The van der Waals surface area contributed by atoms with Crippen molar-refractivity contribution in [3.05, 3.63) is 58.2 Å². The first-order chi connectivity index (χ1) is 12.5. The van der Waals surface area contributed by atoms with Gasteiger partial charge in [0.15, 0.2) is 0 Å². The molecule has 0 radical (unpaired) electrons. The number of ether oxygens (including phenoxy) is 2. The molecule has 0 bridgehead atoms. The molecule has 0 aromatic heterocycles. The average Bonchev–Trinajstić information content (AvgIpc) is 2.85. The highest BCUT2D eigenvalue weighted by Gasteiger charge is 2.39. The van der Waals surface area contributed by atoms with Gasteiger partial charge in [-0.1, -0.05) is 23.2 Å². The zero-order valence-electron chi connectivity index (χ0n) is 13.9. The van der Waals surface area contributed by atoms with Gasteiger partial charge in [0, 0.05) is 5.69 Å². The number of methoxy groups -OCH3 is 2. The van der Waals surface area contributed by atoms with Gasteiger partial charge in [-0.25, -0.2) is 4.90 Å². The summed E-state index contributed by atoms with van der Waals surface area (Å²) in [6.07, 6.45) is 0. The number of benzene rings is 2. The number of carbonyl (C=O) groups excluding carboxylic acids is 2. The number of nitrogens with zero attached hydrogens (tertiary/aromatic N) is 1. The normalized spacial score (nSPS) is 14.1. The van der Waals surface area contributed by atoms with Crippen LogP contribution in [-0.2, 0) is 9.59 Å². The van der Waals surface area contributed by atoms with Gasteiger partial charge >= 0.3 is 0 Å². The van der Waals surface area contributed by atoms with Gasteiger partial charge in [0.25, 0.3) is 11.8 Å². The van der Waals surface area contributed by atoms with Crippen LogP contribution in [0.25, 0.3) is 0 Å². The second-order valence-corrected chi connectivity index (χ2v) is 6.09. The van der Waals surface area contributed by atoms with Crippen LogP contribution in [0.4, 0.5) is 11.4 Å². The Morgan fingerprint density at radius 3 is 2.19 bits per heavy atom. The summed E-state index contributed by atoms with van der Waals surface area (Å²) in [4.78, 5) is 26.1. The molecule has 0 spiro atoms. The summed E-state index contributed by atoms with van der Waals surface area (Å²) < 4.78 is 10.2. The Morgan fingerprint density at radius 1 is 0.923 bits per heavy atom. The van der Waals surface area contributed by atoms with Crippen molar-refractivity contribution in [3.8, 4) is 11.5 Å². The van der Waals surface area contributed by atoms with Gasteiger partial charge in [0.2, 0.25) is 0 Å². The van der Waals surface area contributed by atoms with E-state index in [1.807, 2.05) is 0 Å². The summed E-state index contributed by atoms with van der Waals surface area (Å²) in [6.45, 7) is 0. The summed E-state index contributed by atoms with van der Waals surface area (Å²) in [5.74, 6) is -0.0647. The molecule has 0 aliphatic carbocycles. The molecule has 1 N–H and O–H groups in total. The molecule has 1 heterocycles. The Bertz CT molecular complexity index is 910. The highest BCUT2D eigenvalue weighted by molar-refractivity contribution is 6.53. The Kier molecular flexibility index (Phi) is 5.06. The third kappa shape index (κ3) is 3.21. The zero-order valence-corrected chi connectivity index (χ0v) is 15.4. The molecule has 2 aromatic carbocycles. The van der Waals surface area contributed by atoms with Crippen molar-refractivity contribution in [1.82, 2.24) is 0 Å². The Balaban J connectivity index is 1.87. The number of imide groups is 1.